The second-order valence-electron chi connectivity index (χ2n) is 3.64. The van der Waals surface area contributed by atoms with E-state index in [0.29, 0.717) is 6.61 Å². The van der Waals surface area contributed by atoms with Gasteiger partial charge in [0, 0.05) is 0 Å². The monoisotopic (exact) mass is 223 g/mol. The van der Waals surface area contributed by atoms with Gasteiger partial charge in [0.2, 0.25) is 0 Å². The summed E-state index contributed by atoms with van der Waals surface area (Å²) in [5.74, 6) is 1.65. The Morgan fingerprint density at radius 3 is 2.69 bits per heavy atom. The van der Waals surface area contributed by atoms with Crippen molar-refractivity contribution in [2.24, 2.45) is 0 Å². The molecule has 90 valence electrons. The van der Waals surface area contributed by atoms with Gasteiger partial charge in [-0.25, -0.2) is 0 Å². The van der Waals surface area contributed by atoms with Gasteiger partial charge < -0.3 is 14.8 Å². The minimum Gasteiger partial charge on any atom is -0.493 e. The molecule has 1 aromatic rings. The SMILES string of the molecule is CCc1ccc(OCCCNC)c(OC)c1. The lowest BCUT2D eigenvalue weighted by Crippen LogP contribution is -2.11. The molecule has 0 aliphatic rings. The maximum absolute atomic E-state index is 5.66. The van der Waals surface area contributed by atoms with Crippen molar-refractivity contribution < 1.29 is 9.47 Å². The van der Waals surface area contributed by atoms with Crippen LogP contribution in [0.5, 0.6) is 11.5 Å². The first-order valence-electron chi connectivity index (χ1n) is 5.76. The molecule has 0 heterocycles. The van der Waals surface area contributed by atoms with Gasteiger partial charge >= 0.3 is 0 Å². The van der Waals surface area contributed by atoms with Gasteiger partial charge in [0.25, 0.3) is 0 Å². The zero-order chi connectivity index (χ0) is 11.8. The molecule has 3 nitrogen and oxygen atoms in total. The van der Waals surface area contributed by atoms with Crippen LogP contribution >= 0.6 is 0 Å². The first-order valence-corrected chi connectivity index (χ1v) is 5.76. The van der Waals surface area contributed by atoms with Gasteiger partial charge in [-0.3, -0.25) is 0 Å². The van der Waals surface area contributed by atoms with Gasteiger partial charge in [0.1, 0.15) is 0 Å². The molecule has 3 heteroatoms. The predicted molar refractivity (Wildman–Crippen MR) is 66.4 cm³/mol. The Hall–Kier alpha value is -1.22. The zero-order valence-electron chi connectivity index (χ0n) is 10.4. The summed E-state index contributed by atoms with van der Waals surface area (Å²) in [6, 6.07) is 6.10. The molecular formula is C13H21NO2. The number of rotatable bonds is 7. The lowest BCUT2D eigenvalue weighted by molar-refractivity contribution is 0.288. The number of nitrogens with one attached hydrogen (secondary N) is 1. The molecule has 1 rings (SSSR count). The molecule has 16 heavy (non-hydrogen) atoms. The molecule has 0 unspecified atom stereocenters. The lowest BCUT2D eigenvalue weighted by Gasteiger charge is -2.11. The third kappa shape index (κ3) is 3.74. The molecule has 0 aliphatic heterocycles. The smallest absolute Gasteiger partial charge is 0.161 e. The van der Waals surface area contributed by atoms with Crippen molar-refractivity contribution in [3.63, 3.8) is 0 Å². The fourth-order valence-corrected chi connectivity index (χ4v) is 1.48. The number of benzene rings is 1. The van der Waals surface area contributed by atoms with E-state index in [9.17, 15) is 0 Å². The van der Waals surface area contributed by atoms with Crippen molar-refractivity contribution in [1.82, 2.24) is 5.32 Å². The number of ether oxygens (including phenoxy) is 2. The minimum atomic E-state index is 0.711. The average Bonchev–Trinajstić information content (AvgIpc) is 2.34. The summed E-state index contributed by atoms with van der Waals surface area (Å²) < 4.78 is 11.0. The first kappa shape index (κ1) is 12.8. The Kier molecular flexibility index (Phi) is 5.72. The summed E-state index contributed by atoms with van der Waals surface area (Å²) in [4.78, 5) is 0. The molecule has 0 amide bonds. The highest BCUT2D eigenvalue weighted by Gasteiger charge is 2.04. The summed E-state index contributed by atoms with van der Waals surface area (Å²) >= 11 is 0. The van der Waals surface area contributed by atoms with Crippen LogP contribution in [-0.2, 0) is 6.42 Å². The van der Waals surface area contributed by atoms with Gasteiger partial charge in [-0.05, 0) is 44.1 Å². The first-order chi connectivity index (χ1) is 7.81. The fraction of sp³-hybridized carbons (Fsp3) is 0.538. The van der Waals surface area contributed by atoms with E-state index in [4.69, 9.17) is 9.47 Å². The summed E-state index contributed by atoms with van der Waals surface area (Å²) in [5.41, 5.74) is 1.26. The minimum absolute atomic E-state index is 0.711. The van der Waals surface area contributed by atoms with Gasteiger partial charge in [0.05, 0.1) is 13.7 Å². The molecule has 0 saturated carbocycles. The number of aryl methyl sites for hydroxylation is 1. The average molecular weight is 223 g/mol. The normalized spacial score (nSPS) is 10.2. The molecule has 0 atom stereocenters. The van der Waals surface area contributed by atoms with Crippen molar-refractivity contribution in [3.05, 3.63) is 23.8 Å². The fourth-order valence-electron chi connectivity index (χ4n) is 1.48. The molecule has 0 aliphatic carbocycles. The van der Waals surface area contributed by atoms with Crippen LogP contribution in [-0.4, -0.2) is 27.3 Å². The molecular weight excluding hydrogens is 202 g/mol. The van der Waals surface area contributed by atoms with E-state index in [1.54, 1.807) is 7.11 Å². The Labute approximate surface area is 97.8 Å². The van der Waals surface area contributed by atoms with Crippen LogP contribution in [0.1, 0.15) is 18.9 Å². The van der Waals surface area contributed by atoms with E-state index in [2.05, 4.69) is 18.3 Å². The number of hydrogen-bond acceptors (Lipinski definition) is 3. The second-order valence-corrected chi connectivity index (χ2v) is 3.64. The predicted octanol–water partition coefficient (Wildman–Crippen LogP) is 2.25. The second kappa shape index (κ2) is 7.12. The molecule has 0 spiro atoms. The Morgan fingerprint density at radius 1 is 1.25 bits per heavy atom. The van der Waals surface area contributed by atoms with Crippen molar-refractivity contribution >= 4 is 0 Å². The van der Waals surface area contributed by atoms with Crippen molar-refractivity contribution in [2.45, 2.75) is 19.8 Å². The Morgan fingerprint density at radius 2 is 2.06 bits per heavy atom. The van der Waals surface area contributed by atoms with Crippen molar-refractivity contribution in [1.29, 1.82) is 0 Å². The van der Waals surface area contributed by atoms with Gasteiger partial charge in [0.15, 0.2) is 11.5 Å². The van der Waals surface area contributed by atoms with Crippen LogP contribution in [0.15, 0.2) is 18.2 Å². The van der Waals surface area contributed by atoms with Gasteiger partial charge in [-0.2, -0.15) is 0 Å². The largest absolute Gasteiger partial charge is 0.493 e. The number of methoxy groups -OCH3 is 1. The lowest BCUT2D eigenvalue weighted by atomic mass is 10.1. The van der Waals surface area contributed by atoms with Gasteiger partial charge in [-0.1, -0.05) is 13.0 Å². The van der Waals surface area contributed by atoms with E-state index < -0.39 is 0 Å². The van der Waals surface area contributed by atoms with E-state index in [0.717, 1.165) is 30.9 Å². The highest BCUT2D eigenvalue weighted by atomic mass is 16.5. The molecule has 0 saturated heterocycles. The molecule has 0 aromatic heterocycles. The Bertz CT molecular complexity index is 313. The highest BCUT2D eigenvalue weighted by molar-refractivity contribution is 5.42. The summed E-state index contributed by atoms with van der Waals surface area (Å²) in [6.45, 7) is 3.81. The third-order valence-corrected chi connectivity index (χ3v) is 2.46. The van der Waals surface area contributed by atoms with Crippen LogP contribution in [0.25, 0.3) is 0 Å². The molecule has 1 N–H and O–H groups in total. The maximum atomic E-state index is 5.66. The van der Waals surface area contributed by atoms with Crippen molar-refractivity contribution in [2.75, 3.05) is 27.3 Å². The molecule has 1 aromatic carbocycles. The molecule has 0 fully saturated rings. The molecule has 0 bridgehead atoms. The van der Waals surface area contributed by atoms with Crippen LogP contribution in [0.4, 0.5) is 0 Å². The topological polar surface area (TPSA) is 30.5 Å². The quantitative estimate of drug-likeness (QED) is 0.719. The number of hydrogen-bond donors (Lipinski definition) is 1. The standard InChI is InChI=1S/C13H21NO2/c1-4-11-6-7-12(13(10-11)15-3)16-9-5-8-14-2/h6-7,10,14H,4-5,8-9H2,1-3H3. The van der Waals surface area contributed by atoms with Gasteiger partial charge in [-0.15, -0.1) is 0 Å². The van der Waals surface area contributed by atoms with Crippen LogP contribution in [0.2, 0.25) is 0 Å². The van der Waals surface area contributed by atoms with Crippen molar-refractivity contribution in [3.8, 4) is 11.5 Å². The van der Waals surface area contributed by atoms with E-state index in [1.165, 1.54) is 5.56 Å². The summed E-state index contributed by atoms with van der Waals surface area (Å²) in [7, 11) is 3.62. The van der Waals surface area contributed by atoms with Crippen LogP contribution < -0.4 is 14.8 Å². The van der Waals surface area contributed by atoms with E-state index in [-0.39, 0.29) is 0 Å². The Balaban J connectivity index is 2.57. The highest BCUT2D eigenvalue weighted by Crippen LogP contribution is 2.28. The maximum Gasteiger partial charge on any atom is 0.161 e. The van der Waals surface area contributed by atoms with Crippen LogP contribution in [0.3, 0.4) is 0 Å². The zero-order valence-corrected chi connectivity index (χ0v) is 10.4. The van der Waals surface area contributed by atoms with Crippen LogP contribution in [0, 0.1) is 0 Å². The molecule has 0 radical (unpaired) electrons. The third-order valence-electron chi connectivity index (χ3n) is 2.46. The van der Waals surface area contributed by atoms with E-state index in [1.807, 2.05) is 19.2 Å². The van der Waals surface area contributed by atoms with E-state index >= 15 is 0 Å². The summed E-state index contributed by atoms with van der Waals surface area (Å²) in [5, 5.41) is 3.09. The summed E-state index contributed by atoms with van der Waals surface area (Å²) in [6.07, 6.45) is 2.01.